The van der Waals surface area contributed by atoms with Gasteiger partial charge >= 0.3 is 6.16 Å². The van der Waals surface area contributed by atoms with Gasteiger partial charge in [0.2, 0.25) is 0 Å². The molecule has 0 saturated heterocycles. The maximum Gasteiger partial charge on any atom is 0.507 e. The Kier molecular flexibility index (Phi) is 6.28. The molecule has 0 heterocycles. The highest BCUT2D eigenvalue weighted by atomic mass is 28.3. The molecule has 0 atom stereocenters. The van der Waals surface area contributed by atoms with Crippen molar-refractivity contribution in [2.75, 3.05) is 13.3 Å². The lowest BCUT2D eigenvalue weighted by Crippen LogP contribution is -2.33. The molecule has 0 aliphatic rings. The number of methoxy groups -OCH3 is 1. The highest BCUT2D eigenvalue weighted by Crippen LogP contribution is 2.14. The van der Waals surface area contributed by atoms with Gasteiger partial charge in [0.1, 0.15) is 0 Å². The highest BCUT2D eigenvalue weighted by Gasteiger charge is 2.22. The third kappa shape index (κ3) is 6.71. The van der Waals surface area contributed by atoms with Crippen LogP contribution in [-0.2, 0) is 9.47 Å². The maximum absolute atomic E-state index is 10.8. The van der Waals surface area contributed by atoms with Crippen LogP contribution in [-0.4, -0.2) is 27.6 Å². The third-order valence-electron chi connectivity index (χ3n) is 2.01. The summed E-state index contributed by atoms with van der Waals surface area (Å²) in [6.07, 6.45) is 4.05. The fraction of sp³-hybridized carbons (Fsp3) is 0.700. The molecule has 0 amide bonds. The first kappa shape index (κ1) is 13.2. The topological polar surface area (TPSA) is 35.5 Å². The lowest BCUT2D eigenvalue weighted by Gasteiger charge is -2.20. The van der Waals surface area contributed by atoms with Gasteiger partial charge in [-0.25, -0.2) is 4.79 Å². The number of carbonyl (C=O) groups excluding carboxylic acids is 1. The van der Waals surface area contributed by atoms with Gasteiger partial charge < -0.3 is 9.47 Å². The van der Waals surface area contributed by atoms with Crippen molar-refractivity contribution in [2.45, 2.75) is 32.0 Å². The summed E-state index contributed by atoms with van der Waals surface area (Å²) in [6.45, 7) is 8.09. The second kappa shape index (κ2) is 6.65. The molecule has 4 heteroatoms. The lowest BCUT2D eigenvalue weighted by molar-refractivity contribution is 0.0849. The van der Waals surface area contributed by atoms with Crippen molar-refractivity contribution in [1.82, 2.24) is 0 Å². The zero-order valence-corrected chi connectivity index (χ0v) is 10.3. The van der Waals surface area contributed by atoms with Crippen molar-refractivity contribution < 1.29 is 14.3 Å². The predicted octanol–water partition coefficient (Wildman–Crippen LogP) is 2.98. The molecule has 0 saturated carbocycles. The molecule has 0 rings (SSSR count). The zero-order valence-electron chi connectivity index (χ0n) is 9.34. The van der Waals surface area contributed by atoms with E-state index in [1.807, 2.05) is 6.08 Å². The first-order chi connectivity index (χ1) is 6.52. The summed E-state index contributed by atoms with van der Waals surface area (Å²) in [6, 6.07) is 1.15. The Morgan fingerprint density at radius 3 is 2.64 bits per heavy atom. The second-order valence-corrected chi connectivity index (χ2v) is 9.21. The number of allylic oxidation sites excluding steroid dienone is 1. The van der Waals surface area contributed by atoms with Crippen LogP contribution in [0.4, 0.5) is 4.79 Å². The van der Waals surface area contributed by atoms with Crippen LogP contribution in [0.3, 0.4) is 0 Å². The van der Waals surface area contributed by atoms with E-state index in [0.29, 0.717) is 6.23 Å². The third-order valence-corrected chi connectivity index (χ3v) is 4.64. The van der Waals surface area contributed by atoms with E-state index in [1.54, 1.807) is 0 Å². The number of hydrogen-bond donors (Lipinski definition) is 0. The van der Waals surface area contributed by atoms with Crippen molar-refractivity contribution in [3.05, 3.63) is 12.7 Å². The van der Waals surface area contributed by atoms with E-state index in [-0.39, 0.29) is 0 Å². The van der Waals surface area contributed by atoms with Gasteiger partial charge in [0, 0.05) is 0 Å². The van der Waals surface area contributed by atoms with E-state index in [1.165, 1.54) is 7.11 Å². The lowest BCUT2D eigenvalue weighted by atomic mass is 10.3. The SMILES string of the molecule is C=CCCC[Si](C)(C)COC(=O)OC. The minimum Gasteiger partial charge on any atom is -0.438 e. The van der Waals surface area contributed by atoms with E-state index in [0.717, 1.165) is 18.9 Å². The largest absolute Gasteiger partial charge is 0.507 e. The van der Waals surface area contributed by atoms with E-state index in [9.17, 15) is 4.79 Å². The quantitative estimate of drug-likeness (QED) is 0.296. The molecule has 0 bridgehead atoms. The molecule has 3 nitrogen and oxygen atoms in total. The molecule has 0 unspecified atom stereocenters. The van der Waals surface area contributed by atoms with Crippen LogP contribution < -0.4 is 0 Å². The minimum atomic E-state index is -1.39. The van der Waals surface area contributed by atoms with Crippen molar-refractivity contribution in [3.8, 4) is 0 Å². The van der Waals surface area contributed by atoms with Gasteiger partial charge in [0.25, 0.3) is 0 Å². The molecule has 0 spiro atoms. The molecule has 0 fully saturated rings. The summed E-state index contributed by atoms with van der Waals surface area (Å²) in [4.78, 5) is 10.8. The minimum absolute atomic E-state index is 0.539. The van der Waals surface area contributed by atoms with Crippen molar-refractivity contribution in [2.24, 2.45) is 0 Å². The summed E-state index contributed by atoms with van der Waals surface area (Å²) in [5.74, 6) is 0. The molecular formula is C10H20O3Si. The molecule has 0 radical (unpaired) electrons. The Morgan fingerprint density at radius 1 is 1.50 bits per heavy atom. The average Bonchev–Trinajstić information content (AvgIpc) is 2.14. The molecule has 0 aromatic rings. The smallest absolute Gasteiger partial charge is 0.438 e. The number of carbonyl (C=O) groups is 1. The first-order valence-corrected chi connectivity index (χ1v) is 8.25. The second-order valence-electron chi connectivity index (χ2n) is 4.09. The van der Waals surface area contributed by atoms with E-state index >= 15 is 0 Å². The maximum atomic E-state index is 10.8. The summed E-state index contributed by atoms with van der Waals surface area (Å²) in [5.41, 5.74) is 0. The van der Waals surface area contributed by atoms with Crippen molar-refractivity contribution >= 4 is 14.2 Å². The van der Waals surface area contributed by atoms with E-state index in [2.05, 4.69) is 24.4 Å². The van der Waals surface area contributed by atoms with Gasteiger partial charge in [-0.2, -0.15) is 0 Å². The number of ether oxygens (including phenoxy) is 2. The van der Waals surface area contributed by atoms with Crippen LogP contribution in [0.25, 0.3) is 0 Å². The fourth-order valence-corrected chi connectivity index (χ4v) is 2.92. The average molecular weight is 216 g/mol. The molecule has 0 aromatic carbocycles. The first-order valence-electron chi connectivity index (χ1n) is 4.83. The van der Waals surface area contributed by atoms with Crippen LogP contribution >= 0.6 is 0 Å². The number of rotatable bonds is 6. The molecule has 0 aliphatic carbocycles. The van der Waals surface area contributed by atoms with Gasteiger partial charge in [-0.05, 0) is 6.42 Å². The Balaban J connectivity index is 3.70. The molecule has 0 aromatic heterocycles. The van der Waals surface area contributed by atoms with Crippen LogP contribution in [0.15, 0.2) is 12.7 Å². The summed E-state index contributed by atoms with van der Waals surface area (Å²) >= 11 is 0. The predicted molar refractivity (Wildman–Crippen MR) is 60.1 cm³/mol. The van der Waals surface area contributed by atoms with E-state index in [4.69, 9.17) is 4.74 Å². The molecular weight excluding hydrogens is 196 g/mol. The normalized spacial score (nSPS) is 10.8. The zero-order chi connectivity index (χ0) is 11.0. The Labute approximate surface area is 87.1 Å². The van der Waals surface area contributed by atoms with Crippen LogP contribution in [0.1, 0.15) is 12.8 Å². The molecule has 14 heavy (non-hydrogen) atoms. The van der Waals surface area contributed by atoms with Gasteiger partial charge in [0.15, 0.2) is 0 Å². The molecule has 0 N–H and O–H groups in total. The summed E-state index contributed by atoms with van der Waals surface area (Å²) in [7, 11) is -0.0625. The van der Waals surface area contributed by atoms with Gasteiger partial charge in [-0.3, -0.25) is 0 Å². The highest BCUT2D eigenvalue weighted by molar-refractivity contribution is 6.77. The fourth-order valence-electron chi connectivity index (χ4n) is 1.11. The Bertz CT molecular complexity index is 190. The standard InChI is InChI=1S/C10H20O3Si/c1-5-6-7-8-14(3,4)9-13-10(11)12-2/h5H,1,6-9H2,2-4H3. The van der Waals surface area contributed by atoms with Crippen LogP contribution in [0, 0.1) is 0 Å². The summed E-state index contributed by atoms with van der Waals surface area (Å²) < 4.78 is 9.38. The monoisotopic (exact) mass is 216 g/mol. The van der Waals surface area contributed by atoms with Gasteiger partial charge in [-0.1, -0.05) is 31.6 Å². The van der Waals surface area contributed by atoms with Gasteiger partial charge in [0.05, 0.1) is 21.4 Å². The van der Waals surface area contributed by atoms with Crippen LogP contribution in [0.2, 0.25) is 19.1 Å². The van der Waals surface area contributed by atoms with Gasteiger partial charge in [-0.15, -0.1) is 6.58 Å². The number of unbranched alkanes of at least 4 members (excludes halogenated alkanes) is 1. The summed E-state index contributed by atoms with van der Waals surface area (Å²) in [5, 5.41) is 0. The van der Waals surface area contributed by atoms with Crippen molar-refractivity contribution in [3.63, 3.8) is 0 Å². The Morgan fingerprint density at radius 2 is 2.14 bits per heavy atom. The van der Waals surface area contributed by atoms with Crippen molar-refractivity contribution in [1.29, 1.82) is 0 Å². The molecule has 0 aliphatic heterocycles. The Hall–Kier alpha value is -0.773. The molecule has 82 valence electrons. The number of hydrogen-bond acceptors (Lipinski definition) is 3. The van der Waals surface area contributed by atoms with E-state index < -0.39 is 14.2 Å². The van der Waals surface area contributed by atoms with Crippen LogP contribution in [0.5, 0.6) is 0 Å².